The predicted octanol–water partition coefficient (Wildman–Crippen LogP) is 3.31. The van der Waals surface area contributed by atoms with E-state index in [9.17, 15) is 4.79 Å². The number of aromatic amines is 1. The van der Waals surface area contributed by atoms with Crippen molar-refractivity contribution >= 4 is 22.6 Å². The SMILES string of the molecule is Cn1ncc2c1CC(C(=O)Nc1ccc3nc(C4CCC4)[nH]c3c1)CC2. The molecule has 1 fully saturated rings. The summed E-state index contributed by atoms with van der Waals surface area (Å²) in [5, 5.41) is 7.41. The zero-order valence-corrected chi connectivity index (χ0v) is 15.0. The molecule has 2 aromatic heterocycles. The largest absolute Gasteiger partial charge is 0.342 e. The number of nitrogens with one attached hydrogen (secondary N) is 2. The molecule has 1 aromatic carbocycles. The van der Waals surface area contributed by atoms with Crippen molar-refractivity contribution in [3.8, 4) is 0 Å². The molecule has 0 radical (unpaired) electrons. The number of hydrogen-bond donors (Lipinski definition) is 2. The van der Waals surface area contributed by atoms with Crippen molar-refractivity contribution in [3.05, 3.63) is 41.5 Å². The Morgan fingerprint density at radius 2 is 2.19 bits per heavy atom. The van der Waals surface area contributed by atoms with Crippen LogP contribution >= 0.6 is 0 Å². The third-order valence-electron chi connectivity index (χ3n) is 5.98. The number of fused-ring (bicyclic) bond motifs is 2. The van der Waals surface area contributed by atoms with Crippen LogP contribution in [-0.2, 0) is 24.7 Å². The van der Waals surface area contributed by atoms with Crippen LogP contribution in [0, 0.1) is 5.92 Å². The molecule has 0 aliphatic heterocycles. The number of nitrogens with zero attached hydrogens (tertiary/aromatic N) is 3. The summed E-state index contributed by atoms with van der Waals surface area (Å²) in [4.78, 5) is 20.9. The Hall–Kier alpha value is -2.63. The van der Waals surface area contributed by atoms with Gasteiger partial charge in [-0.3, -0.25) is 9.48 Å². The highest BCUT2D eigenvalue weighted by Gasteiger charge is 2.27. The Morgan fingerprint density at radius 1 is 1.31 bits per heavy atom. The molecule has 1 atom stereocenters. The lowest BCUT2D eigenvalue weighted by molar-refractivity contribution is -0.120. The smallest absolute Gasteiger partial charge is 0.227 e. The van der Waals surface area contributed by atoms with Gasteiger partial charge in [0.05, 0.1) is 17.2 Å². The highest BCUT2D eigenvalue weighted by Crippen LogP contribution is 2.35. The molecule has 6 nitrogen and oxygen atoms in total. The fourth-order valence-electron chi connectivity index (χ4n) is 4.10. The van der Waals surface area contributed by atoms with Crippen molar-refractivity contribution < 1.29 is 4.79 Å². The van der Waals surface area contributed by atoms with Crippen LogP contribution in [0.25, 0.3) is 11.0 Å². The van der Waals surface area contributed by atoms with Crippen LogP contribution in [0.2, 0.25) is 0 Å². The van der Waals surface area contributed by atoms with E-state index in [0.717, 1.165) is 41.8 Å². The number of aromatic nitrogens is 4. The minimum atomic E-state index is 0.000834. The summed E-state index contributed by atoms with van der Waals surface area (Å²) in [6.07, 6.45) is 8.23. The van der Waals surface area contributed by atoms with Gasteiger partial charge in [0, 0.05) is 36.7 Å². The lowest BCUT2D eigenvalue weighted by Crippen LogP contribution is -2.28. The van der Waals surface area contributed by atoms with Crippen LogP contribution < -0.4 is 5.32 Å². The summed E-state index contributed by atoms with van der Waals surface area (Å²) in [6.45, 7) is 0. The molecular weight excluding hydrogens is 326 g/mol. The van der Waals surface area contributed by atoms with Crippen LogP contribution in [0.15, 0.2) is 24.4 Å². The maximum Gasteiger partial charge on any atom is 0.227 e. The first-order valence-electron chi connectivity index (χ1n) is 9.47. The van der Waals surface area contributed by atoms with Crippen LogP contribution in [0.3, 0.4) is 0 Å². The van der Waals surface area contributed by atoms with E-state index in [2.05, 4.69) is 15.4 Å². The Kier molecular flexibility index (Phi) is 3.58. The van der Waals surface area contributed by atoms with E-state index >= 15 is 0 Å². The van der Waals surface area contributed by atoms with Gasteiger partial charge in [0.25, 0.3) is 0 Å². The molecular formula is C20H23N5O. The van der Waals surface area contributed by atoms with Gasteiger partial charge < -0.3 is 10.3 Å². The van der Waals surface area contributed by atoms with E-state index in [1.807, 2.05) is 36.1 Å². The topological polar surface area (TPSA) is 75.6 Å². The van der Waals surface area contributed by atoms with Gasteiger partial charge in [0.1, 0.15) is 5.82 Å². The molecule has 1 amide bonds. The van der Waals surface area contributed by atoms with Gasteiger partial charge in [-0.05, 0) is 49.4 Å². The molecule has 2 N–H and O–H groups in total. The summed E-state index contributed by atoms with van der Waals surface area (Å²) in [5.41, 5.74) is 5.27. The van der Waals surface area contributed by atoms with Crippen LogP contribution in [0.4, 0.5) is 5.69 Å². The van der Waals surface area contributed by atoms with E-state index in [1.165, 1.54) is 30.5 Å². The fourth-order valence-corrected chi connectivity index (χ4v) is 4.10. The first-order chi connectivity index (χ1) is 12.7. The number of imidazole rings is 1. The minimum Gasteiger partial charge on any atom is -0.342 e. The van der Waals surface area contributed by atoms with E-state index in [4.69, 9.17) is 4.98 Å². The second-order valence-electron chi connectivity index (χ2n) is 7.65. The highest BCUT2D eigenvalue weighted by molar-refractivity contribution is 5.94. The van der Waals surface area contributed by atoms with Crippen molar-refractivity contribution in [3.63, 3.8) is 0 Å². The van der Waals surface area contributed by atoms with Crippen molar-refractivity contribution in [2.24, 2.45) is 13.0 Å². The number of carbonyl (C=O) groups is 1. The third kappa shape index (κ3) is 2.60. The van der Waals surface area contributed by atoms with E-state index in [-0.39, 0.29) is 11.8 Å². The Balaban J connectivity index is 1.32. The van der Waals surface area contributed by atoms with Gasteiger partial charge in [0.2, 0.25) is 5.91 Å². The average molecular weight is 349 g/mol. The molecule has 6 heteroatoms. The van der Waals surface area contributed by atoms with E-state index < -0.39 is 0 Å². The second-order valence-corrected chi connectivity index (χ2v) is 7.65. The summed E-state index contributed by atoms with van der Waals surface area (Å²) >= 11 is 0. The number of carbonyl (C=O) groups excluding carboxylic acids is 1. The van der Waals surface area contributed by atoms with Crippen molar-refractivity contribution in [2.75, 3.05) is 5.32 Å². The molecule has 3 aromatic rings. The van der Waals surface area contributed by atoms with Gasteiger partial charge in [-0.1, -0.05) is 6.42 Å². The summed E-state index contributed by atoms with van der Waals surface area (Å²) < 4.78 is 1.90. The van der Waals surface area contributed by atoms with Crippen LogP contribution in [-0.4, -0.2) is 25.7 Å². The maximum atomic E-state index is 12.7. The molecule has 5 rings (SSSR count). The number of benzene rings is 1. The minimum absolute atomic E-state index is 0.000834. The van der Waals surface area contributed by atoms with Gasteiger partial charge in [-0.2, -0.15) is 5.10 Å². The van der Waals surface area contributed by atoms with Gasteiger partial charge >= 0.3 is 0 Å². The van der Waals surface area contributed by atoms with Gasteiger partial charge in [-0.15, -0.1) is 0 Å². The molecule has 1 saturated carbocycles. The molecule has 2 aliphatic carbocycles. The molecule has 1 unspecified atom stereocenters. The zero-order valence-electron chi connectivity index (χ0n) is 15.0. The third-order valence-corrected chi connectivity index (χ3v) is 5.98. The lowest BCUT2D eigenvalue weighted by Gasteiger charge is -2.22. The van der Waals surface area contributed by atoms with Gasteiger partial charge in [-0.25, -0.2) is 4.98 Å². The fraction of sp³-hybridized carbons (Fsp3) is 0.450. The second kappa shape index (κ2) is 5.97. The highest BCUT2D eigenvalue weighted by atomic mass is 16.1. The molecule has 134 valence electrons. The molecule has 2 heterocycles. The Bertz CT molecular complexity index is 981. The maximum absolute atomic E-state index is 12.7. The quantitative estimate of drug-likeness (QED) is 0.762. The van der Waals surface area contributed by atoms with Crippen molar-refractivity contribution in [2.45, 2.75) is 44.4 Å². The molecule has 0 saturated heterocycles. The van der Waals surface area contributed by atoms with Crippen LogP contribution in [0.1, 0.15) is 48.7 Å². The first kappa shape index (κ1) is 15.6. The molecule has 2 aliphatic rings. The zero-order chi connectivity index (χ0) is 17.7. The predicted molar refractivity (Wildman–Crippen MR) is 100 cm³/mol. The van der Waals surface area contributed by atoms with Crippen LogP contribution in [0.5, 0.6) is 0 Å². The first-order valence-corrected chi connectivity index (χ1v) is 9.47. The van der Waals surface area contributed by atoms with Crippen molar-refractivity contribution in [1.82, 2.24) is 19.7 Å². The van der Waals surface area contributed by atoms with E-state index in [0.29, 0.717) is 5.92 Å². The molecule has 0 spiro atoms. The lowest BCUT2D eigenvalue weighted by atomic mass is 9.85. The number of rotatable bonds is 3. The average Bonchev–Trinajstić information content (AvgIpc) is 3.16. The number of amides is 1. The van der Waals surface area contributed by atoms with Gasteiger partial charge in [0.15, 0.2) is 0 Å². The number of H-pyrrole nitrogens is 1. The monoisotopic (exact) mass is 349 g/mol. The molecule has 0 bridgehead atoms. The number of hydrogen-bond acceptors (Lipinski definition) is 3. The molecule has 26 heavy (non-hydrogen) atoms. The summed E-state index contributed by atoms with van der Waals surface area (Å²) in [7, 11) is 1.95. The van der Waals surface area contributed by atoms with Crippen molar-refractivity contribution in [1.29, 1.82) is 0 Å². The standard InChI is InChI=1S/C20H23N5O/c1-25-18-9-13(5-6-14(18)11-21-25)20(26)22-15-7-8-16-17(10-15)24-19(23-16)12-3-2-4-12/h7-8,10-13H,2-6,9H2,1H3,(H,22,26)(H,23,24). The normalized spacial score (nSPS) is 20.0. The Labute approximate surface area is 152 Å². The number of anilines is 1. The summed E-state index contributed by atoms with van der Waals surface area (Å²) in [5.74, 6) is 1.76. The van der Waals surface area contributed by atoms with E-state index in [1.54, 1.807) is 0 Å². The Morgan fingerprint density at radius 3 is 3.00 bits per heavy atom. The summed E-state index contributed by atoms with van der Waals surface area (Å²) in [6, 6.07) is 5.94. The number of aryl methyl sites for hydroxylation is 2.